The van der Waals surface area contributed by atoms with Crippen LogP contribution in [0.1, 0.15) is 45.7 Å². The third kappa shape index (κ3) is 13.9. The molecule has 3 fully saturated rings. The van der Waals surface area contributed by atoms with Gasteiger partial charge in [-0.1, -0.05) is 12.1 Å². The Hall–Kier alpha value is -5.35. The van der Waals surface area contributed by atoms with E-state index >= 15 is 0 Å². The standard InChI is InChI=1S/C43H54O24/c1-18-32(52)35(55)38(62-21(4)47)43(59-18)67-39-37(66-31(51)11-8-23-6-9-25(49)26(50)14-23)30(17-58-41-36(56)34(54)33(53)29(16-44)64-41)65-42(40(39)63-22(5)48)57-13-12-24-7-10-27(60-19(2)45)28(15-24)61-20(3)46/h6-11,14-15,18,29-30,32-44,49-50,52-56H,12-13,16-17H2,1-5H3/t18-,29-,30-,32+,33-,34-,35+,36+,37-,38+,39-,40-,41+,42-,43-/m1/s1. The highest BCUT2D eigenvalue weighted by molar-refractivity contribution is 5.87. The smallest absolute Gasteiger partial charge is 0.331 e. The molecule has 2 aromatic carbocycles. The maximum absolute atomic E-state index is 13.7. The monoisotopic (exact) mass is 954 g/mol. The summed E-state index contributed by atoms with van der Waals surface area (Å²) in [5, 5.41) is 82.9. The lowest BCUT2D eigenvalue weighted by Gasteiger charge is -2.48. The van der Waals surface area contributed by atoms with E-state index in [0.717, 1.165) is 45.9 Å². The van der Waals surface area contributed by atoms with Crippen LogP contribution in [0.15, 0.2) is 42.5 Å². The third-order valence-electron chi connectivity index (χ3n) is 10.4. The Morgan fingerprint density at radius 2 is 1.27 bits per heavy atom. The van der Waals surface area contributed by atoms with Crippen molar-refractivity contribution in [2.24, 2.45) is 0 Å². The fourth-order valence-electron chi connectivity index (χ4n) is 7.20. The molecular formula is C43H54O24. The first kappa shape index (κ1) is 52.6. The van der Waals surface area contributed by atoms with Crippen LogP contribution in [0.4, 0.5) is 0 Å². The Bertz CT molecular complexity index is 2070. The summed E-state index contributed by atoms with van der Waals surface area (Å²) in [6.45, 7) is 3.81. The molecule has 0 saturated carbocycles. The highest BCUT2D eigenvalue weighted by Gasteiger charge is 2.56. The fourth-order valence-corrected chi connectivity index (χ4v) is 7.20. The van der Waals surface area contributed by atoms with Crippen LogP contribution in [-0.4, -0.2) is 183 Å². The molecule has 3 aliphatic heterocycles. The van der Waals surface area contributed by atoms with Crippen molar-refractivity contribution in [3.8, 4) is 23.0 Å². The van der Waals surface area contributed by atoms with Crippen LogP contribution in [0.3, 0.4) is 0 Å². The Morgan fingerprint density at radius 1 is 0.612 bits per heavy atom. The predicted molar refractivity (Wildman–Crippen MR) is 218 cm³/mol. The number of phenolic OH excluding ortho intramolecular Hbond substituents is 2. The van der Waals surface area contributed by atoms with Crippen LogP contribution in [0.5, 0.6) is 23.0 Å². The largest absolute Gasteiger partial charge is 0.504 e. The molecule has 3 heterocycles. The van der Waals surface area contributed by atoms with E-state index in [0.29, 0.717) is 5.56 Å². The number of carbonyl (C=O) groups excluding carboxylic acids is 5. The van der Waals surface area contributed by atoms with Crippen LogP contribution >= 0.6 is 0 Å². The third-order valence-corrected chi connectivity index (χ3v) is 10.4. The Labute approximate surface area is 382 Å². The minimum Gasteiger partial charge on any atom is -0.504 e. The molecule has 0 radical (unpaired) electrons. The topological polar surface area (TPSA) is 349 Å². The van der Waals surface area contributed by atoms with Crippen LogP contribution in [-0.2, 0) is 73.0 Å². The number of carbonyl (C=O) groups is 5. The molecule has 3 aliphatic rings. The second-order valence-corrected chi connectivity index (χ2v) is 15.6. The van der Waals surface area contributed by atoms with Gasteiger partial charge in [0, 0.05) is 33.8 Å². The van der Waals surface area contributed by atoms with Crippen molar-refractivity contribution in [3.63, 3.8) is 0 Å². The number of aliphatic hydroxyl groups is 6. The molecular weight excluding hydrogens is 900 g/mol. The Morgan fingerprint density at radius 3 is 1.91 bits per heavy atom. The average Bonchev–Trinajstić information content (AvgIpc) is 3.25. The van der Waals surface area contributed by atoms with Crippen molar-refractivity contribution in [3.05, 3.63) is 53.6 Å². The molecule has 0 amide bonds. The molecule has 0 unspecified atom stereocenters. The molecule has 67 heavy (non-hydrogen) atoms. The number of aliphatic hydroxyl groups excluding tert-OH is 6. The number of rotatable bonds is 17. The van der Waals surface area contributed by atoms with Crippen molar-refractivity contribution in [1.29, 1.82) is 0 Å². The molecule has 0 spiro atoms. The van der Waals surface area contributed by atoms with E-state index in [2.05, 4.69) is 0 Å². The number of hydrogen-bond donors (Lipinski definition) is 8. The van der Waals surface area contributed by atoms with Gasteiger partial charge in [-0.05, 0) is 54.8 Å². The summed E-state index contributed by atoms with van der Waals surface area (Å²) >= 11 is 0. The molecule has 0 aliphatic carbocycles. The zero-order valence-corrected chi connectivity index (χ0v) is 36.7. The second kappa shape index (κ2) is 23.6. The molecule has 8 N–H and O–H groups in total. The maximum Gasteiger partial charge on any atom is 0.331 e. The van der Waals surface area contributed by atoms with Gasteiger partial charge in [-0.15, -0.1) is 0 Å². The fraction of sp³-hybridized carbons (Fsp3) is 0.558. The number of ether oxygens (including phenoxy) is 11. The molecule has 0 bridgehead atoms. The minimum absolute atomic E-state index is 0.0106. The number of benzene rings is 2. The summed E-state index contributed by atoms with van der Waals surface area (Å²) in [7, 11) is 0. The molecule has 24 heteroatoms. The highest BCUT2D eigenvalue weighted by Crippen LogP contribution is 2.36. The van der Waals surface area contributed by atoms with Gasteiger partial charge >= 0.3 is 29.8 Å². The van der Waals surface area contributed by atoms with Gasteiger partial charge in [-0.25, -0.2) is 4.79 Å². The molecule has 15 atom stereocenters. The lowest BCUT2D eigenvalue weighted by molar-refractivity contribution is -0.364. The SMILES string of the molecule is CC(=O)Oc1ccc(CCO[C@@H]2O[C@H](CO[C@H]3O[C@H](CO)[C@@H](O)[C@@H](O)[C@@H]3O)[C@@H](OC(=O)C=Cc3ccc(O)c(O)c3)[C@@H](O[C@H]3O[C@H](C)[C@H](O)[C@H](O)[C@@H]3OC(C)=O)[C@H]2OC(C)=O)cc1OC(C)=O. The zero-order valence-electron chi connectivity index (χ0n) is 36.7. The number of aromatic hydroxyl groups is 2. The summed E-state index contributed by atoms with van der Waals surface area (Å²) in [4.78, 5) is 62.4. The molecule has 2 aromatic rings. The van der Waals surface area contributed by atoms with E-state index in [4.69, 9.17) is 52.1 Å². The number of hydrogen-bond acceptors (Lipinski definition) is 24. The van der Waals surface area contributed by atoms with E-state index in [9.17, 15) is 64.8 Å². The molecule has 0 aromatic heterocycles. The van der Waals surface area contributed by atoms with Crippen LogP contribution in [0.25, 0.3) is 6.08 Å². The normalized spacial score (nSPS) is 32.0. The summed E-state index contributed by atoms with van der Waals surface area (Å²) in [5.41, 5.74) is 0.681. The lowest BCUT2D eigenvalue weighted by Crippen LogP contribution is -2.66. The van der Waals surface area contributed by atoms with Gasteiger partial charge in [-0.2, -0.15) is 0 Å². The molecule has 3 saturated heterocycles. The van der Waals surface area contributed by atoms with E-state index in [1.165, 1.54) is 37.3 Å². The van der Waals surface area contributed by atoms with Crippen molar-refractivity contribution in [1.82, 2.24) is 0 Å². The maximum atomic E-state index is 13.7. The first-order chi connectivity index (χ1) is 31.7. The van der Waals surface area contributed by atoms with E-state index < -0.39 is 147 Å². The van der Waals surface area contributed by atoms with Gasteiger partial charge in [0.1, 0.15) is 48.8 Å². The summed E-state index contributed by atoms with van der Waals surface area (Å²) in [5.74, 6) is -5.54. The molecule has 24 nitrogen and oxygen atoms in total. The van der Waals surface area contributed by atoms with Gasteiger partial charge < -0.3 is 93.0 Å². The van der Waals surface area contributed by atoms with Crippen LogP contribution < -0.4 is 9.47 Å². The van der Waals surface area contributed by atoms with Crippen LogP contribution in [0, 0.1) is 0 Å². The van der Waals surface area contributed by atoms with Gasteiger partial charge in [-0.3, -0.25) is 19.2 Å². The van der Waals surface area contributed by atoms with Crippen LogP contribution in [0.2, 0.25) is 0 Å². The predicted octanol–water partition coefficient (Wildman–Crippen LogP) is -1.61. The summed E-state index contributed by atoms with van der Waals surface area (Å²) in [6.07, 6.45) is -23.5. The Kier molecular flexibility index (Phi) is 18.5. The summed E-state index contributed by atoms with van der Waals surface area (Å²) < 4.78 is 63.2. The lowest BCUT2D eigenvalue weighted by atomic mass is 9.96. The molecule has 5 rings (SSSR count). The van der Waals surface area contributed by atoms with E-state index in [-0.39, 0.29) is 30.1 Å². The first-order valence-electron chi connectivity index (χ1n) is 20.8. The average molecular weight is 955 g/mol. The Balaban J connectivity index is 1.55. The van der Waals surface area contributed by atoms with E-state index in [1.807, 2.05) is 0 Å². The van der Waals surface area contributed by atoms with Gasteiger partial charge in [0.25, 0.3) is 0 Å². The van der Waals surface area contributed by atoms with Gasteiger partial charge in [0.05, 0.1) is 25.9 Å². The second-order valence-electron chi connectivity index (χ2n) is 15.6. The van der Waals surface area contributed by atoms with Gasteiger partial charge in [0.15, 0.2) is 60.2 Å². The van der Waals surface area contributed by atoms with Gasteiger partial charge in [0.2, 0.25) is 0 Å². The van der Waals surface area contributed by atoms with Crippen molar-refractivity contribution < 1.29 is 117 Å². The number of esters is 5. The quantitative estimate of drug-likeness (QED) is 0.0291. The molecule has 370 valence electrons. The van der Waals surface area contributed by atoms with Crippen molar-refractivity contribution >= 4 is 35.9 Å². The minimum atomic E-state index is -1.92. The van der Waals surface area contributed by atoms with Crippen molar-refractivity contribution in [2.45, 2.75) is 133 Å². The number of phenols is 2. The summed E-state index contributed by atoms with van der Waals surface area (Å²) in [6, 6.07) is 7.94. The van der Waals surface area contributed by atoms with Crippen molar-refractivity contribution in [2.75, 3.05) is 19.8 Å². The highest BCUT2D eigenvalue weighted by atomic mass is 16.8. The van der Waals surface area contributed by atoms with E-state index in [1.54, 1.807) is 0 Å². The first-order valence-corrected chi connectivity index (χ1v) is 20.8. The zero-order chi connectivity index (χ0) is 49.3.